The van der Waals surface area contributed by atoms with Gasteiger partial charge >= 0.3 is 0 Å². The fourth-order valence-electron chi connectivity index (χ4n) is 2.72. The first-order valence-electron chi connectivity index (χ1n) is 7.04. The highest BCUT2D eigenvalue weighted by atomic mass is 16.5. The molecule has 0 amide bonds. The Morgan fingerprint density at radius 1 is 1.44 bits per heavy atom. The van der Waals surface area contributed by atoms with E-state index >= 15 is 0 Å². The Labute approximate surface area is 110 Å². The predicted molar refractivity (Wildman–Crippen MR) is 73.6 cm³/mol. The molecule has 2 heterocycles. The van der Waals surface area contributed by atoms with E-state index in [1.54, 1.807) is 0 Å². The lowest BCUT2D eigenvalue weighted by Crippen LogP contribution is -2.27. The number of pyridine rings is 1. The number of aromatic nitrogens is 1. The van der Waals surface area contributed by atoms with Crippen molar-refractivity contribution in [2.24, 2.45) is 5.92 Å². The van der Waals surface area contributed by atoms with Gasteiger partial charge in [-0.05, 0) is 50.3 Å². The van der Waals surface area contributed by atoms with Crippen molar-refractivity contribution in [2.75, 3.05) is 19.8 Å². The summed E-state index contributed by atoms with van der Waals surface area (Å²) in [6.45, 7) is 7.14. The van der Waals surface area contributed by atoms with Gasteiger partial charge in [0.05, 0.1) is 5.69 Å². The van der Waals surface area contributed by atoms with Crippen molar-refractivity contribution in [1.29, 1.82) is 0 Å². The summed E-state index contributed by atoms with van der Waals surface area (Å²) in [5.41, 5.74) is 2.50. The summed E-state index contributed by atoms with van der Waals surface area (Å²) >= 11 is 0. The first-order valence-corrected chi connectivity index (χ1v) is 7.04. The summed E-state index contributed by atoms with van der Waals surface area (Å²) in [4.78, 5) is 4.57. The fourth-order valence-corrected chi connectivity index (χ4v) is 2.72. The minimum absolute atomic E-state index is 0.388. The smallest absolute Gasteiger partial charge is 0.0602 e. The van der Waals surface area contributed by atoms with Crippen LogP contribution in [0.3, 0.4) is 0 Å². The lowest BCUT2D eigenvalue weighted by atomic mass is 9.90. The maximum absolute atomic E-state index is 5.43. The van der Waals surface area contributed by atoms with E-state index in [0.29, 0.717) is 6.04 Å². The lowest BCUT2D eigenvalue weighted by molar-refractivity contribution is 0.0604. The highest BCUT2D eigenvalue weighted by Gasteiger charge is 2.21. The highest BCUT2D eigenvalue weighted by Crippen LogP contribution is 2.27. The molecular formula is C15H24N2O. The van der Waals surface area contributed by atoms with E-state index in [1.807, 2.05) is 12.3 Å². The van der Waals surface area contributed by atoms with Crippen LogP contribution >= 0.6 is 0 Å². The SMILES string of the molecule is CCNC(CC1CCOCC1)c1ncccc1C. The standard InChI is InChI=1S/C15H24N2O/c1-3-16-14(11-13-6-9-18-10-7-13)15-12(2)5-4-8-17-15/h4-5,8,13-14,16H,3,6-7,9-11H2,1-2H3. The first kappa shape index (κ1) is 13.5. The van der Waals surface area contributed by atoms with Crippen LogP contribution in [0, 0.1) is 12.8 Å². The maximum atomic E-state index is 5.43. The van der Waals surface area contributed by atoms with Crippen molar-refractivity contribution in [3.63, 3.8) is 0 Å². The largest absolute Gasteiger partial charge is 0.381 e. The summed E-state index contributed by atoms with van der Waals surface area (Å²) in [5.74, 6) is 0.768. The van der Waals surface area contributed by atoms with E-state index < -0.39 is 0 Å². The maximum Gasteiger partial charge on any atom is 0.0602 e. The summed E-state index contributed by atoms with van der Waals surface area (Å²) in [6.07, 6.45) is 5.45. The molecule has 1 aromatic heterocycles. The van der Waals surface area contributed by atoms with Crippen molar-refractivity contribution in [3.8, 4) is 0 Å². The number of nitrogens with one attached hydrogen (secondary N) is 1. The fraction of sp³-hybridized carbons (Fsp3) is 0.667. The van der Waals surface area contributed by atoms with Crippen molar-refractivity contribution < 1.29 is 4.74 Å². The number of ether oxygens (including phenoxy) is 1. The molecule has 0 spiro atoms. The molecule has 1 atom stereocenters. The molecule has 0 aromatic carbocycles. The molecule has 0 radical (unpaired) electrons. The number of nitrogens with zero attached hydrogens (tertiary/aromatic N) is 1. The number of rotatable bonds is 5. The Kier molecular flexibility index (Phi) is 5.14. The van der Waals surface area contributed by atoms with Gasteiger partial charge in [-0.15, -0.1) is 0 Å². The molecule has 1 unspecified atom stereocenters. The molecule has 3 nitrogen and oxygen atoms in total. The third-order valence-corrected chi connectivity index (χ3v) is 3.74. The zero-order valence-electron chi connectivity index (χ0n) is 11.5. The Morgan fingerprint density at radius 2 is 2.22 bits per heavy atom. The Hall–Kier alpha value is -0.930. The van der Waals surface area contributed by atoms with Gasteiger partial charge in [0.25, 0.3) is 0 Å². The first-order chi connectivity index (χ1) is 8.81. The number of hydrogen-bond acceptors (Lipinski definition) is 3. The van der Waals surface area contributed by atoms with Gasteiger partial charge in [-0.1, -0.05) is 13.0 Å². The van der Waals surface area contributed by atoms with Crippen molar-refractivity contribution in [1.82, 2.24) is 10.3 Å². The van der Waals surface area contributed by atoms with Crippen LogP contribution in [0.5, 0.6) is 0 Å². The molecule has 0 bridgehead atoms. The molecule has 0 aliphatic carbocycles. The minimum Gasteiger partial charge on any atom is -0.381 e. The van der Waals surface area contributed by atoms with Crippen LogP contribution in [-0.2, 0) is 4.74 Å². The second-order valence-corrected chi connectivity index (χ2v) is 5.11. The van der Waals surface area contributed by atoms with E-state index in [9.17, 15) is 0 Å². The predicted octanol–water partition coefficient (Wildman–Crippen LogP) is 2.86. The van der Waals surface area contributed by atoms with E-state index in [1.165, 1.54) is 30.5 Å². The van der Waals surface area contributed by atoms with Crippen molar-refractivity contribution >= 4 is 0 Å². The summed E-state index contributed by atoms with van der Waals surface area (Å²) in [7, 11) is 0. The van der Waals surface area contributed by atoms with Gasteiger partial charge in [-0.25, -0.2) is 0 Å². The topological polar surface area (TPSA) is 34.1 Å². The van der Waals surface area contributed by atoms with E-state index in [2.05, 4.69) is 30.2 Å². The van der Waals surface area contributed by atoms with E-state index in [4.69, 9.17) is 4.74 Å². The molecule has 3 heteroatoms. The minimum atomic E-state index is 0.388. The van der Waals surface area contributed by atoms with Crippen LogP contribution in [0.25, 0.3) is 0 Å². The van der Waals surface area contributed by atoms with Gasteiger partial charge in [0.15, 0.2) is 0 Å². The molecule has 1 N–H and O–H groups in total. The van der Waals surface area contributed by atoms with Gasteiger partial charge in [-0.2, -0.15) is 0 Å². The monoisotopic (exact) mass is 248 g/mol. The van der Waals surface area contributed by atoms with Crippen molar-refractivity contribution in [3.05, 3.63) is 29.6 Å². The zero-order valence-corrected chi connectivity index (χ0v) is 11.5. The third kappa shape index (κ3) is 3.53. The van der Waals surface area contributed by atoms with E-state index in [0.717, 1.165) is 25.7 Å². The Morgan fingerprint density at radius 3 is 2.89 bits per heavy atom. The summed E-state index contributed by atoms with van der Waals surface area (Å²) < 4.78 is 5.43. The molecule has 1 fully saturated rings. The van der Waals surface area contributed by atoms with Crippen LogP contribution in [0.2, 0.25) is 0 Å². The van der Waals surface area contributed by atoms with Crippen LogP contribution in [0.1, 0.15) is 43.5 Å². The highest BCUT2D eigenvalue weighted by molar-refractivity contribution is 5.21. The molecule has 18 heavy (non-hydrogen) atoms. The molecule has 2 rings (SSSR count). The Balaban J connectivity index is 2.05. The van der Waals surface area contributed by atoms with Gasteiger partial charge < -0.3 is 10.1 Å². The van der Waals surface area contributed by atoms with Gasteiger partial charge in [-0.3, -0.25) is 4.98 Å². The third-order valence-electron chi connectivity index (χ3n) is 3.74. The van der Waals surface area contributed by atoms with Crippen LogP contribution in [0.15, 0.2) is 18.3 Å². The molecular weight excluding hydrogens is 224 g/mol. The van der Waals surface area contributed by atoms with Gasteiger partial charge in [0.2, 0.25) is 0 Å². The number of aryl methyl sites for hydroxylation is 1. The second-order valence-electron chi connectivity index (χ2n) is 5.11. The molecule has 1 aromatic rings. The summed E-state index contributed by atoms with van der Waals surface area (Å²) in [5, 5.41) is 3.58. The van der Waals surface area contributed by atoms with E-state index in [-0.39, 0.29) is 0 Å². The van der Waals surface area contributed by atoms with Crippen LogP contribution < -0.4 is 5.32 Å². The van der Waals surface area contributed by atoms with Crippen molar-refractivity contribution in [2.45, 2.75) is 39.2 Å². The summed E-state index contributed by atoms with van der Waals surface area (Å²) in [6, 6.07) is 4.55. The van der Waals surface area contributed by atoms with Crippen LogP contribution in [-0.4, -0.2) is 24.7 Å². The molecule has 1 aliphatic rings. The molecule has 0 saturated carbocycles. The zero-order chi connectivity index (χ0) is 12.8. The quantitative estimate of drug-likeness (QED) is 0.870. The Bertz CT molecular complexity index is 361. The average Bonchev–Trinajstić information content (AvgIpc) is 2.40. The average molecular weight is 248 g/mol. The molecule has 100 valence electrons. The van der Waals surface area contributed by atoms with Gasteiger partial charge in [0, 0.05) is 25.5 Å². The van der Waals surface area contributed by atoms with Gasteiger partial charge in [0.1, 0.15) is 0 Å². The number of hydrogen-bond donors (Lipinski definition) is 1. The molecule has 1 aliphatic heterocycles. The van der Waals surface area contributed by atoms with Crippen LogP contribution in [0.4, 0.5) is 0 Å². The molecule has 1 saturated heterocycles. The normalized spacial score (nSPS) is 18.8. The lowest BCUT2D eigenvalue weighted by Gasteiger charge is -2.27. The second kappa shape index (κ2) is 6.86.